The molecule has 1 aromatic carbocycles. The minimum absolute atomic E-state index is 0.442. The van der Waals surface area contributed by atoms with Gasteiger partial charge in [-0.3, -0.25) is 9.89 Å². The van der Waals surface area contributed by atoms with E-state index in [4.69, 9.17) is 18.9 Å². The Morgan fingerprint density at radius 3 is 2.20 bits per heavy atom. The second kappa shape index (κ2) is 12.5. The Morgan fingerprint density at radius 1 is 1.07 bits per heavy atom. The topological polar surface area (TPSA) is 76.6 Å². The molecule has 30 heavy (non-hydrogen) atoms. The molecule has 8 heteroatoms. The van der Waals surface area contributed by atoms with Crippen LogP contribution in [0.4, 0.5) is 0 Å². The van der Waals surface area contributed by atoms with Crippen LogP contribution >= 0.6 is 0 Å². The van der Waals surface area contributed by atoms with E-state index in [1.807, 2.05) is 12.1 Å². The number of ether oxygens (including phenoxy) is 4. The van der Waals surface area contributed by atoms with Crippen LogP contribution in [0, 0.1) is 5.92 Å². The number of morpholine rings is 1. The van der Waals surface area contributed by atoms with Crippen molar-refractivity contribution in [2.24, 2.45) is 10.9 Å². The van der Waals surface area contributed by atoms with Crippen LogP contribution in [0.1, 0.15) is 25.8 Å². The highest BCUT2D eigenvalue weighted by molar-refractivity contribution is 5.79. The van der Waals surface area contributed by atoms with Crippen LogP contribution in [-0.4, -0.2) is 78.1 Å². The van der Waals surface area contributed by atoms with Crippen molar-refractivity contribution in [3.05, 3.63) is 17.7 Å². The molecule has 1 atom stereocenters. The highest BCUT2D eigenvalue weighted by Gasteiger charge is 2.22. The first-order chi connectivity index (χ1) is 14.5. The van der Waals surface area contributed by atoms with Gasteiger partial charge in [0.25, 0.3) is 0 Å². The molecular formula is C22H38N4O4. The highest BCUT2D eigenvalue weighted by Crippen LogP contribution is 2.33. The Balaban J connectivity index is 2.01. The summed E-state index contributed by atoms with van der Waals surface area (Å²) in [7, 11) is 6.69. The van der Waals surface area contributed by atoms with Gasteiger partial charge in [-0.25, -0.2) is 0 Å². The van der Waals surface area contributed by atoms with Crippen molar-refractivity contribution in [2.75, 3.05) is 61.2 Å². The Hall–Kier alpha value is -2.19. The van der Waals surface area contributed by atoms with E-state index in [-0.39, 0.29) is 0 Å². The summed E-state index contributed by atoms with van der Waals surface area (Å²) in [6.07, 6.45) is 1.13. The maximum absolute atomic E-state index is 5.54. The van der Waals surface area contributed by atoms with E-state index in [0.29, 0.717) is 35.8 Å². The lowest BCUT2D eigenvalue weighted by Crippen LogP contribution is -2.51. The van der Waals surface area contributed by atoms with E-state index < -0.39 is 0 Å². The lowest BCUT2D eigenvalue weighted by atomic mass is 10.0. The van der Waals surface area contributed by atoms with E-state index in [9.17, 15) is 0 Å². The summed E-state index contributed by atoms with van der Waals surface area (Å²) < 4.78 is 21.9. The molecule has 1 fully saturated rings. The number of aliphatic imine (C=N–C) groups is 1. The monoisotopic (exact) mass is 422 g/mol. The minimum Gasteiger partial charge on any atom is -0.496 e. The van der Waals surface area contributed by atoms with Gasteiger partial charge in [-0.05, 0) is 12.3 Å². The van der Waals surface area contributed by atoms with Crippen molar-refractivity contribution < 1.29 is 18.9 Å². The molecule has 2 N–H and O–H groups in total. The van der Waals surface area contributed by atoms with Gasteiger partial charge in [0.2, 0.25) is 0 Å². The van der Waals surface area contributed by atoms with Gasteiger partial charge in [0.15, 0.2) is 5.96 Å². The zero-order valence-electron chi connectivity index (χ0n) is 19.3. The molecule has 1 heterocycles. The zero-order valence-corrected chi connectivity index (χ0v) is 19.3. The van der Waals surface area contributed by atoms with Crippen LogP contribution in [0.3, 0.4) is 0 Å². The Kier molecular flexibility index (Phi) is 10.0. The molecule has 0 aliphatic carbocycles. The Bertz CT molecular complexity index is 650. The first-order valence-electron chi connectivity index (χ1n) is 10.6. The summed E-state index contributed by atoms with van der Waals surface area (Å²) in [6, 6.07) is 4.15. The molecule has 1 aliphatic heterocycles. The van der Waals surface area contributed by atoms with Crippen LogP contribution in [0.5, 0.6) is 17.2 Å². The van der Waals surface area contributed by atoms with Gasteiger partial charge in [-0.15, -0.1) is 0 Å². The van der Waals surface area contributed by atoms with Crippen LogP contribution in [-0.2, 0) is 11.3 Å². The third kappa shape index (κ3) is 6.95. The van der Waals surface area contributed by atoms with E-state index in [2.05, 4.69) is 34.4 Å². The largest absolute Gasteiger partial charge is 0.496 e. The molecule has 0 radical (unpaired) electrons. The molecule has 0 spiro atoms. The van der Waals surface area contributed by atoms with Gasteiger partial charge < -0.3 is 29.6 Å². The lowest BCUT2D eigenvalue weighted by molar-refractivity contribution is 0.0132. The molecule has 0 bridgehead atoms. The molecule has 8 nitrogen and oxygen atoms in total. The molecule has 1 unspecified atom stereocenters. The fourth-order valence-corrected chi connectivity index (χ4v) is 3.71. The first-order valence-corrected chi connectivity index (χ1v) is 10.6. The normalized spacial score (nSPS) is 16.3. The van der Waals surface area contributed by atoms with Crippen LogP contribution in [0.15, 0.2) is 17.1 Å². The van der Waals surface area contributed by atoms with Crippen molar-refractivity contribution >= 4 is 5.96 Å². The number of guanidine groups is 1. The fraction of sp³-hybridized carbons (Fsp3) is 0.682. The number of methoxy groups -OCH3 is 3. The average molecular weight is 423 g/mol. The maximum atomic E-state index is 5.54. The van der Waals surface area contributed by atoms with E-state index in [0.717, 1.165) is 50.8 Å². The number of rotatable bonds is 10. The van der Waals surface area contributed by atoms with Crippen molar-refractivity contribution in [3.63, 3.8) is 0 Å². The standard InChI is InChI=1S/C22H38N4O4/c1-16(2)11-17(26-7-9-30-10-8-26)14-24-22(23-3)25-15-19-20(28-5)12-18(27-4)13-21(19)29-6/h12-13,16-17H,7-11,14-15H2,1-6H3,(H2,23,24,25). The van der Waals surface area contributed by atoms with Crippen molar-refractivity contribution in [2.45, 2.75) is 32.9 Å². The average Bonchev–Trinajstić information content (AvgIpc) is 2.78. The summed E-state index contributed by atoms with van der Waals surface area (Å²) in [6.45, 7) is 9.44. The van der Waals surface area contributed by atoms with Crippen molar-refractivity contribution in [1.29, 1.82) is 0 Å². The second-order valence-corrected chi connectivity index (χ2v) is 7.75. The SMILES string of the molecule is CN=C(NCc1c(OC)cc(OC)cc1OC)NCC(CC(C)C)N1CCOCC1. The van der Waals surface area contributed by atoms with Gasteiger partial charge in [-0.2, -0.15) is 0 Å². The van der Waals surface area contributed by atoms with Crippen LogP contribution in [0.25, 0.3) is 0 Å². The molecule has 0 aromatic heterocycles. The minimum atomic E-state index is 0.442. The van der Waals surface area contributed by atoms with E-state index in [1.54, 1.807) is 28.4 Å². The third-order valence-electron chi connectivity index (χ3n) is 5.28. The lowest BCUT2D eigenvalue weighted by Gasteiger charge is -2.35. The second-order valence-electron chi connectivity index (χ2n) is 7.75. The van der Waals surface area contributed by atoms with E-state index in [1.165, 1.54) is 0 Å². The molecule has 170 valence electrons. The van der Waals surface area contributed by atoms with Gasteiger partial charge in [0.1, 0.15) is 17.2 Å². The van der Waals surface area contributed by atoms with Crippen LogP contribution < -0.4 is 24.8 Å². The number of hydrogen-bond donors (Lipinski definition) is 2. The summed E-state index contributed by atoms with van der Waals surface area (Å²) in [4.78, 5) is 6.90. The van der Waals surface area contributed by atoms with Crippen molar-refractivity contribution in [3.8, 4) is 17.2 Å². The zero-order chi connectivity index (χ0) is 21.9. The summed E-state index contributed by atoms with van der Waals surface area (Å²) >= 11 is 0. The molecule has 0 amide bonds. The first kappa shape index (κ1) is 24.1. The summed E-state index contributed by atoms with van der Waals surface area (Å²) in [5.41, 5.74) is 0.913. The molecular weight excluding hydrogens is 384 g/mol. The van der Waals surface area contributed by atoms with Gasteiger partial charge in [0, 0.05) is 44.9 Å². The predicted molar refractivity (Wildman–Crippen MR) is 120 cm³/mol. The molecule has 1 aliphatic rings. The Morgan fingerprint density at radius 2 is 1.70 bits per heavy atom. The number of hydrogen-bond acceptors (Lipinski definition) is 6. The molecule has 0 saturated carbocycles. The molecule has 2 rings (SSSR count). The summed E-state index contributed by atoms with van der Waals surface area (Å²) in [5.74, 6) is 3.48. The smallest absolute Gasteiger partial charge is 0.191 e. The van der Waals surface area contributed by atoms with Crippen molar-refractivity contribution in [1.82, 2.24) is 15.5 Å². The third-order valence-corrected chi connectivity index (χ3v) is 5.28. The summed E-state index contributed by atoms with van der Waals surface area (Å²) in [5, 5.41) is 6.87. The number of benzene rings is 1. The quantitative estimate of drug-likeness (QED) is 0.442. The Labute approximate surface area is 180 Å². The predicted octanol–water partition coefficient (Wildman–Crippen LogP) is 2.12. The molecule has 1 aromatic rings. The van der Waals surface area contributed by atoms with Gasteiger partial charge in [-0.1, -0.05) is 13.8 Å². The molecule has 1 saturated heterocycles. The number of nitrogens with one attached hydrogen (secondary N) is 2. The number of nitrogens with zero attached hydrogens (tertiary/aromatic N) is 2. The van der Waals surface area contributed by atoms with Gasteiger partial charge in [0.05, 0.1) is 46.7 Å². The highest BCUT2D eigenvalue weighted by atomic mass is 16.5. The maximum Gasteiger partial charge on any atom is 0.191 e. The van der Waals surface area contributed by atoms with Gasteiger partial charge >= 0.3 is 0 Å². The fourth-order valence-electron chi connectivity index (χ4n) is 3.71. The van der Waals surface area contributed by atoms with E-state index >= 15 is 0 Å². The van der Waals surface area contributed by atoms with Crippen LogP contribution in [0.2, 0.25) is 0 Å².